The summed E-state index contributed by atoms with van der Waals surface area (Å²) in [6, 6.07) is 9.83. The van der Waals surface area contributed by atoms with Crippen LogP contribution in [0.5, 0.6) is 0 Å². The molecular weight excluding hydrogens is 188 g/mol. The van der Waals surface area contributed by atoms with Crippen LogP contribution in [-0.4, -0.2) is 16.1 Å². The van der Waals surface area contributed by atoms with Gasteiger partial charge in [-0.3, -0.25) is 0 Å². The van der Waals surface area contributed by atoms with E-state index in [0.29, 0.717) is 0 Å². The maximum Gasteiger partial charge on any atom is 0.127 e. The van der Waals surface area contributed by atoms with Gasteiger partial charge in [0, 0.05) is 17.7 Å². The number of nitrogens with zero attached hydrogens (tertiary/aromatic N) is 2. The summed E-state index contributed by atoms with van der Waals surface area (Å²) in [5.74, 6) is -0.0949. The average molecular weight is 200 g/mol. The highest BCUT2D eigenvalue weighted by Crippen LogP contribution is 2.14. The zero-order chi connectivity index (χ0) is 10.7. The van der Waals surface area contributed by atoms with Crippen LogP contribution in [0.4, 0.5) is 0 Å². The van der Waals surface area contributed by atoms with Gasteiger partial charge in [-0.25, -0.2) is 4.68 Å². The van der Waals surface area contributed by atoms with Crippen LogP contribution in [0.15, 0.2) is 42.7 Å². The van der Waals surface area contributed by atoms with E-state index in [1.54, 1.807) is 10.9 Å². The topological polar surface area (TPSA) is 34.9 Å². The number of aldehydes is 1. The van der Waals surface area contributed by atoms with E-state index in [1.165, 1.54) is 0 Å². The first-order valence-corrected chi connectivity index (χ1v) is 4.86. The monoisotopic (exact) mass is 200 g/mol. The number of rotatable bonds is 3. The molecule has 1 atom stereocenters. The fourth-order valence-electron chi connectivity index (χ4n) is 1.37. The van der Waals surface area contributed by atoms with Crippen molar-refractivity contribution in [2.75, 3.05) is 0 Å². The average Bonchev–Trinajstić information content (AvgIpc) is 2.78. The van der Waals surface area contributed by atoms with E-state index >= 15 is 0 Å². The van der Waals surface area contributed by atoms with Crippen molar-refractivity contribution >= 4 is 6.29 Å². The number of aromatic nitrogens is 2. The van der Waals surface area contributed by atoms with Crippen molar-refractivity contribution in [3.63, 3.8) is 0 Å². The van der Waals surface area contributed by atoms with E-state index in [-0.39, 0.29) is 5.92 Å². The molecule has 0 aliphatic rings. The SMILES string of the molecule is CC(C=O)c1cnn(-c2ccccc2)c1. The summed E-state index contributed by atoms with van der Waals surface area (Å²) < 4.78 is 1.77. The largest absolute Gasteiger partial charge is 0.303 e. The minimum Gasteiger partial charge on any atom is -0.303 e. The number of hydrogen-bond acceptors (Lipinski definition) is 2. The number of carbonyl (C=O) groups excluding carboxylic acids is 1. The van der Waals surface area contributed by atoms with Gasteiger partial charge in [0.1, 0.15) is 6.29 Å². The molecule has 3 heteroatoms. The van der Waals surface area contributed by atoms with E-state index in [1.807, 2.05) is 43.5 Å². The van der Waals surface area contributed by atoms with E-state index in [2.05, 4.69) is 5.10 Å². The molecule has 0 bridgehead atoms. The van der Waals surface area contributed by atoms with Gasteiger partial charge in [0.05, 0.1) is 11.9 Å². The maximum atomic E-state index is 10.6. The predicted molar refractivity (Wildman–Crippen MR) is 58.0 cm³/mol. The highest BCUT2D eigenvalue weighted by Gasteiger charge is 2.06. The first-order chi connectivity index (χ1) is 7.31. The molecule has 1 unspecified atom stereocenters. The Bertz CT molecular complexity index is 448. The standard InChI is InChI=1S/C12H12N2O/c1-10(9-15)11-7-13-14(8-11)12-5-3-2-4-6-12/h2-10H,1H3. The number of benzene rings is 1. The molecule has 2 aromatic rings. The number of para-hydroxylation sites is 1. The number of hydrogen-bond donors (Lipinski definition) is 0. The van der Waals surface area contributed by atoms with Crippen molar-refractivity contribution in [2.45, 2.75) is 12.8 Å². The molecule has 1 aromatic carbocycles. The van der Waals surface area contributed by atoms with Gasteiger partial charge in [-0.2, -0.15) is 5.10 Å². The summed E-state index contributed by atoms with van der Waals surface area (Å²) in [6.07, 6.45) is 4.53. The van der Waals surface area contributed by atoms with Crippen molar-refractivity contribution in [1.82, 2.24) is 9.78 Å². The molecule has 0 N–H and O–H groups in total. The van der Waals surface area contributed by atoms with Crippen LogP contribution in [0.25, 0.3) is 5.69 Å². The Labute approximate surface area is 88.4 Å². The van der Waals surface area contributed by atoms with Crippen LogP contribution in [0.3, 0.4) is 0 Å². The van der Waals surface area contributed by atoms with Crippen LogP contribution in [0.1, 0.15) is 18.4 Å². The zero-order valence-corrected chi connectivity index (χ0v) is 8.50. The molecule has 76 valence electrons. The van der Waals surface area contributed by atoms with Crippen LogP contribution >= 0.6 is 0 Å². The zero-order valence-electron chi connectivity index (χ0n) is 8.50. The molecule has 0 amide bonds. The summed E-state index contributed by atoms with van der Waals surface area (Å²) in [7, 11) is 0. The van der Waals surface area contributed by atoms with Crippen molar-refractivity contribution in [3.05, 3.63) is 48.3 Å². The fourth-order valence-corrected chi connectivity index (χ4v) is 1.37. The van der Waals surface area contributed by atoms with Gasteiger partial charge in [0.15, 0.2) is 0 Å². The smallest absolute Gasteiger partial charge is 0.127 e. The van der Waals surface area contributed by atoms with Crippen molar-refractivity contribution < 1.29 is 4.79 Å². The second kappa shape index (κ2) is 4.09. The molecular formula is C12H12N2O. The molecule has 0 aliphatic heterocycles. The molecule has 0 spiro atoms. The summed E-state index contributed by atoms with van der Waals surface area (Å²) >= 11 is 0. The lowest BCUT2D eigenvalue weighted by atomic mass is 10.1. The maximum absolute atomic E-state index is 10.6. The van der Waals surface area contributed by atoms with E-state index in [0.717, 1.165) is 17.5 Å². The number of carbonyl (C=O) groups is 1. The normalized spacial score (nSPS) is 12.3. The Morgan fingerprint density at radius 3 is 2.73 bits per heavy atom. The van der Waals surface area contributed by atoms with Gasteiger partial charge in [0.25, 0.3) is 0 Å². The molecule has 1 aromatic heterocycles. The molecule has 1 heterocycles. The first kappa shape index (κ1) is 9.65. The van der Waals surface area contributed by atoms with Gasteiger partial charge < -0.3 is 4.79 Å². The van der Waals surface area contributed by atoms with Gasteiger partial charge >= 0.3 is 0 Å². The molecule has 0 aliphatic carbocycles. The molecule has 0 saturated heterocycles. The van der Waals surface area contributed by atoms with Crippen molar-refractivity contribution in [3.8, 4) is 5.69 Å². The molecule has 0 fully saturated rings. The molecule has 0 saturated carbocycles. The molecule has 15 heavy (non-hydrogen) atoms. The molecule has 0 radical (unpaired) electrons. The third-order valence-corrected chi connectivity index (χ3v) is 2.35. The molecule has 2 rings (SSSR count). The Kier molecular flexibility index (Phi) is 2.63. The lowest BCUT2D eigenvalue weighted by Crippen LogP contribution is -1.94. The van der Waals surface area contributed by atoms with Crippen molar-refractivity contribution in [1.29, 1.82) is 0 Å². The Hall–Kier alpha value is -1.90. The second-order valence-corrected chi connectivity index (χ2v) is 3.48. The Morgan fingerprint density at radius 2 is 2.07 bits per heavy atom. The van der Waals surface area contributed by atoms with Crippen LogP contribution in [0, 0.1) is 0 Å². The highest BCUT2D eigenvalue weighted by molar-refractivity contribution is 5.60. The summed E-state index contributed by atoms with van der Waals surface area (Å²) in [5, 5.41) is 4.21. The van der Waals surface area contributed by atoms with Crippen LogP contribution in [-0.2, 0) is 4.79 Å². The van der Waals surface area contributed by atoms with E-state index in [4.69, 9.17) is 0 Å². The van der Waals surface area contributed by atoms with Gasteiger partial charge in [-0.15, -0.1) is 0 Å². The van der Waals surface area contributed by atoms with E-state index < -0.39 is 0 Å². The van der Waals surface area contributed by atoms with Crippen LogP contribution < -0.4 is 0 Å². The summed E-state index contributed by atoms with van der Waals surface area (Å²) in [4.78, 5) is 10.6. The third kappa shape index (κ3) is 1.96. The highest BCUT2D eigenvalue weighted by atomic mass is 16.1. The molecule has 3 nitrogen and oxygen atoms in total. The Morgan fingerprint density at radius 1 is 1.33 bits per heavy atom. The summed E-state index contributed by atoms with van der Waals surface area (Å²) in [6.45, 7) is 1.86. The predicted octanol–water partition coefficient (Wildman–Crippen LogP) is 2.17. The minimum atomic E-state index is -0.0949. The fraction of sp³-hybridized carbons (Fsp3) is 0.167. The second-order valence-electron chi connectivity index (χ2n) is 3.48. The first-order valence-electron chi connectivity index (χ1n) is 4.86. The third-order valence-electron chi connectivity index (χ3n) is 2.35. The van der Waals surface area contributed by atoms with Crippen LogP contribution in [0.2, 0.25) is 0 Å². The quantitative estimate of drug-likeness (QED) is 0.712. The van der Waals surface area contributed by atoms with Gasteiger partial charge in [-0.05, 0) is 12.1 Å². The lowest BCUT2D eigenvalue weighted by Gasteiger charge is -1.99. The van der Waals surface area contributed by atoms with Gasteiger partial charge in [-0.1, -0.05) is 25.1 Å². The van der Waals surface area contributed by atoms with E-state index in [9.17, 15) is 4.79 Å². The lowest BCUT2D eigenvalue weighted by molar-refractivity contribution is -0.108. The Balaban J connectivity index is 2.32. The summed E-state index contributed by atoms with van der Waals surface area (Å²) in [5.41, 5.74) is 1.94. The van der Waals surface area contributed by atoms with Gasteiger partial charge in [0.2, 0.25) is 0 Å². The van der Waals surface area contributed by atoms with Crippen molar-refractivity contribution in [2.24, 2.45) is 0 Å². The minimum absolute atomic E-state index is 0.0949.